The van der Waals surface area contributed by atoms with Gasteiger partial charge in [0.1, 0.15) is 0 Å². The molecule has 0 amide bonds. The van der Waals surface area contributed by atoms with E-state index < -0.39 is 0 Å². The van der Waals surface area contributed by atoms with Gasteiger partial charge in [-0.15, -0.1) is 0 Å². The number of fused-ring (bicyclic) bond motifs is 3. The molecule has 3 aliphatic rings. The number of aliphatic hydroxyl groups is 1. The summed E-state index contributed by atoms with van der Waals surface area (Å²) in [6.45, 7) is 13.8. The molecule has 2 saturated carbocycles. The predicted molar refractivity (Wildman–Crippen MR) is 89.0 cm³/mol. The lowest BCUT2D eigenvalue weighted by molar-refractivity contribution is -0.0580. The SMILES string of the molecule is C=C1CCC[C@@]2(C)CCC3=C(C)CC[C@@H]([C@@H](O)[C@H]12)C3(C)C. The van der Waals surface area contributed by atoms with E-state index in [9.17, 15) is 5.11 Å². The molecule has 118 valence electrons. The monoisotopic (exact) mass is 288 g/mol. The zero-order chi connectivity index (χ0) is 15.4. The molecule has 2 bridgehead atoms. The molecule has 1 heteroatoms. The predicted octanol–water partition coefficient (Wildman–Crippen LogP) is 5.26. The Morgan fingerprint density at radius 3 is 2.52 bits per heavy atom. The van der Waals surface area contributed by atoms with Gasteiger partial charge in [-0.3, -0.25) is 0 Å². The average Bonchev–Trinajstić information content (AvgIpc) is 2.36. The van der Waals surface area contributed by atoms with E-state index in [0.717, 1.165) is 12.8 Å². The van der Waals surface area contributed by atoms with E-state index in [4.69, 9.17) is 0 Å². The van der Waals surface area contributed by atoms with Gasteiger partial charge in [-0.05, 0) is 68.6 Å². The fourth-order valence-corrected chi connectivity index (χ4v) is 5.89. The smallest absolute Gasteiger partial charge is 0.0647 e. The lowest BCUT2D eigenvalue weighted by Gasteiger charge is -2.55. The Hall–Kier alpha value is -0.560. The maximum Gasteiger partial charge on any atom is 0.0647 e. The highest BCUT2D eigenvalue weighted by Gasteiger charge is 2.51. The first kappa shape index (κ1) is 15.3. The maximum atomic E-state index is 11.3. The van der Waals surface area contributed by atoms with Gasteiger partial charge in [-0.1, -0.05) is 44.1 Å². The molecular formula is C20H32O. The molecule has 0 saturated heterocycles. The topological polar surface area (TPSA) is 20.2 Å². The van der Waals surface area contributed by atoms with Crippen molar-refractivity contribution in [3.8, 4) is 0 Å². The van der Waals surface area contributed by atoms with Crippen molar-refractivity contribution in [2.75, 3.05) is 0 Å². The van der Waals surface area contributed by atoms with Crippen LogP contribution in [0.2, 0.25) is 0 Å². The van der Waals surface area contributed by atoms with Crippen LogP contribution in [0.25, 0.3) is 0 Å². The molecule has 0 radical (unpaired) electrons. The molecule has 0 spiro atoms. The van der Waals surface area contributed by atoms with Crippen LogP contribution in [0.1, 0.15) is 72.6 Å². The number of aliphatic hydroxyl groups excluding tert-OH is 1. The summed E-state index contributed by atoms with van der Waals surface area (Å²) >= 11 is 0. The van der Waals surface area contributed by atoms with Gasteiger partial charge in [0, 0.05) is 5.92 Å². The standard InChI is InChI=1S/C20H32O/c1-13-8-9-16-18(21)17-14(2)7-6-11-20(17,5)12-10-15(13)19(16,3)4/h16-18,21H,2,6-12H2,1,3-5H3/t16-,17-,18+,20-/m0/s1. The van der Waals surface area contributed by atoms with Gasteiger partial charge in [0.05, 0.1) is 6.10 Å². The Morgan fingerprint density at radius 2 is 1.81 bits per heavy atom. The van der Waals surface area contributed by atoms with Gasteiger partial charge in [0.2, 0.25) is 0 Å². The van der Waals surface area contributed by atoms with E-state index >= 15 is 0 Å². The van der Waals surface area contributed by atoms with Crippen LogP contribution < -0.4 is 0 Å². The van der Waals surface area contributed by atoms with Gasteiger partial charge < -0.3 is 5.11 Å². The first-order valence-electron chi connectivity index (χ1n) is 8.82. The van der Waals surface area contributed by atoms with Crippen molar-refractivity contribution in [3.63, 3.8) is 0 Å². The van der Waals surface area contributed by atoms with Crippen LogP contribution in [0.4, 0.5) is 0 Å². The van der Waals surface area contributed by atoms with Crippen molar-refractivity contribution in [3.05, 3.63) is 23.3 Å². The molecule has 0 aromatic carbocycles. The van der Waals surface area contributed by atoms with E-state index in [2.05, 4.69) is 34.3 Å². The Morgan fingerprint density at radius 1 is 1.10 bits per heavy atom. The Labute approximate surface area is 130 Å². The Bertz CT molecular complexity index is 484. The van der Waals surface area contributed by atoms with Crippen LogP contribution in [0, 0.1) is 22.7 Å². The molecule has 0 heterocycles. The van der Waals surface area contributed by atoms with E-state index in [0.29, 0.717) is 11.8 Å². The number of hydrogen-bond acceptors (Lipinski definition) is 1. The number of allylic oxidation sites excluding steroid dienone is 2. The Kier molecular flexibility index (Phi) is 3.64. The van der Waals surface area contributed by atoms with Gasteiger partial charge in [0.15, 0.2) is 0 Å². The first-order valence-corrected chi connectivity index (χ1v) is 8.82. The zero-order valence-corrected chi connectivity index (χ0v) is 14.3. The Balaban J connectivity index is 2.07. The third-order valence-electron chi connectivity index (χ3n) is 7.19. The highest BCUT2D eigenvalue weighted by molar-refractivity contribution is 5.28. The fourth-order valence-electron chi connectivity index (χ4n) is 5.89. The van der Waals surface area contributed by atoms with Gasteiger partial charge in [-0.25, -0.2) is 0 Å². The van der Waals surface area contributed by atoms with Crippen molar-refractivity contribution in [1.82, 2.24) is 0 Å². The molecule has 0 aromatic heterocycles. The lowest BCUT2D eigenvalue weighted by Crippen LogP contribution is -2.50. The summed E-state index contributed by atoms with van der Waals surface area (Å²) in [6.07, 6.45) is 8.18. The third-order valence-corrected chi connectivity index (χ3v) is 7.19. The van der Waals surface area contributed by atoms with Crippen molar-refractivity contribution in [2.45, 2.75) is 78.7 Å². The summed E-state index contributed by atoms with van der Waals surface area (Å²) < 4.78 is 0. The molecule has 0 aliphatic heterocycles. The van der Waals surface area contributed by atoms with Crippen molar-refractivity contribution < 1.29 is 5.11 Å². The van der Waals surface area contributed by atoms with Crippen molar-refractivity contribution >= 4 is 0 Å². The average molecular weight is 288 g/mol. The molecule has 1 nitrogen and oxygen atoms in total. The van der Waals surface area contributed by atoms with E-state index in [1.807, 2.05) is 0 Å². The molecule has 3 aliphatic carbocycles. The van der Waals surface area contributed by atoms with Crippen LogP contribution >= 0.6 is 0 Å². The molecule has 4 atom stereocenters. The van der Waals surface area contributed by atoms with Crippen molar-refractivity contribution in [2.24, 2.45) is 22.7 Å². The second kappa shape index (κ2) is 4.98. The minimum absolute atomic E-state index is 0.154. The molecule has 21 heavy (non-hydrogen) atoms. The normalized spacial score (nSPS) is 43.1. The minimum Gasteiger partial charge on any atom is -0.392 e. The lowest BCUT2D eigenvalue weighted by atomic mass is 9.51. The summed E-state index contributed by atoms with van der Waals surface area (Å²) in [5, 5.41) is 11.3. The molecular weight excluding hydrogens is 256 g/mol. The zero-order valence-electron chi connectivity index (χ0n) is 14.3. The van der Waals surface area contributed by atoms with E-state index in [1.165, 1.54) is 37.7 Å². The summed E-state index contributed by atoms with van der Waals surface area (Å²) in [4.78, 5) is 0. The van der Waals surface area contributed by atoms with Crippen LogP contribution in [0.5, 0.6) is 0 Å². The molecule has 1 N–H and O–H groups in total. The largest absolute Gasteiger partial charge is 0.392 e. The number of rotatable bonds is 0. The summed E-state index contributed by atoms with van der Waals surface area (Å²) in [6, 6.07) is 0. The van der Waals surface area contributed by atoms with Crippen LogP contribution in [0.3, 0.4) is 0 Å². The second-order valence-electron chi connectivity index (χ2n) is 8.76. The van der Waals surface area contributed by atoms with E-state index in [1.54, 1.807) is 11.1 Å². The molecule has 2 fully saturated rings. The van der Waals surface area contributed by atoms with Crippen LogP contribution in [-0.2, 0) is 0 Å². The summed E-state index contributed by atoms with van der Waals surface area (Å²) in [7, 11) is 0. The molecule has 0 unspecified atom stereocenters. The summed E-state index contributed by atoms with van der Waals surface area (Å²) in [5.74, 6) is 0.714. The third kappa shape index (κ3) is 2.23. The second-order valence-corrected chi connectivity index (χ2v) is 8.76. The maximum absolute atomic E-state index is 11.3. The van der Waals surface area contributed by atoms with Gasteiger partial charge >= 0.3 is 0 Å². The van der Waals surface area contributed by atoms with Crippen LogP contribution in [-0.4, -0.2) is 11.2 Å². The number of hydrogen-bond donors (Lipinski definition) is 1. The van der Waals surface area contributed by atoms with Gasteiger partial charge in [0.25, 0.3) is 0 Å². The van der Waals surface area contributed by atoms with Gasteiger partial charge in [-0.2, -0.15) is 0 Å². The highest BCUT2D eigenvalue weighted by Crippen LogP contribution is 2.58. The molecule has 3 rings (SSSR count). The fraction of sp³-hybridized carbons (Fsp3) is 0.800. The van der Waals surface area contributed by atoms with E-state index in [-0.39, 0.29) is 16.9 Å². The molecule has 0 aromatic rings. The highest BCUT2D eigenvalue weighted by atomic mass is 16.3. The quantitative estimate of drug-likeness (QED) is 0.603. The summed E-state index contributed by atoms with van der Waals surface area (Å²) in [5.41, 5.74) is 4.98. The first-order chi connectivity index (χ1) is 9.77. The minimum atomic E-state index is -0.207. The van der Waals surface area contributed by atoms with Crippen LogP contribution in [0.15, 0.2) is 23.3 Å². The van der Waals surface area contributed by atoms with Crippen molar-refractivity contribution in [1.29, 1.82) is 0 Å².